The van der Waals surface area contributed by atoms with Crippen LogP contribution < -0.4 is 15.6 Å². The Kier molecular flexibility index (Phi) is 6.29. The van der Waals surface area contributed by atoms with E-state index in [2.05, 4.69) is 26.0 Å². The summed E-state index contributed by atoms with van der Waals surface area (Å²) in [7, 11) is 0. The number of aryl methyl sites for hydroxylation is 2. The third-order valence-corrected chi connectivity index (χ3v) is 3.67. The highest BCUT2D eigenvalue weighted by atomic mass is 16.5. The molecule has 28 heavy (non-hydrogen) atoms. The molecular weight excluding hydrogens is 362 g/mol. The summed E-state index contributed by atoms with van der Waals surface area (Å²) in [6, 6.07) is 10.9. The number of hydrogen-bond donors (Lipinski definition) is 2. The van der Waals surface area contributed by atoms with Crippen LogP contribution in [-0.2, 0) is 16.0 Å². The SMILES string of the molecule is Cc1cccc(OCC(=O)NNC(=O)CCc2nc(-c3ccncc3)no2)c1. The first-order valence-corrected chi connectivity index (χ1v) is 8.60. The van der Waals surface area contributed by atoms with E-state index in [1.807, 2.05) is 25.1 Å². The first-order valence-electron chi connectivity index (χ1n) is 8.60. The topological polar surface area (TPSA) is 119 Å². The summed E-state index contributed by atoms with van der Waals surface area (Å²) >= 11 is 0. The molecule has 9 nitrogen and oxygen atoms in total. The van der Waals surface area contributed by atoms with Crippen molar-refractivity contribution in [1.82, 2.24) is 26.0 Å². The van der Waals surface area contributed by atoms with Crippen molar-refractivity contribution in [3.05, 3.63) is 60.2 Å². The summed E-state index contributed by atoms with van der Waals surface area (Å²) in [6.07, 6.45) is 3.59. The van der Waals surface area contributed by atoms with E-state index in [0.29, 0.717) is 17.5 Å². The zero-order valence-corrected chi connectivity index (χ0v) is 15.2. The summed E-state index contributed by atoms with van der Waals surface area (Å²) in [5.41, 5.74) is 6.42. The van der Waals surface area contributed by atoms with Gasteiger partial charge < -0.3 is 9.26 Å². The van der Waals surface area contributed by atoms with Crippen LogP contribution in [-0.4, -0.2) is 33.5 Å². The maximum absolute atomic E-state index is 11.9. The van der Waals surface area contributed by atoms with Crippen LogP contribution >= 0.6 is 0 Å². The molecule has 3 aromatic rings. The molecule has 0 aliphatic carbocycles. The van der Waals surface area contributed by atoms with Gasteiger partial charge in [0.2, 0.25) is 17.6 Å². The highest BCUT2D eigenvalue weighted by Gasteiger charge is 2.11. The molecule has 0 aliphatic rings. The standard InChI is InChI=1S/C19H19N5O4/c1-13-3-2-4-15(11-13)27-12-17(26)23-22-16(25)5-6-18-21-19(24-28-18)14-7-9-20-10-8-14/h2-4,7-11H,5-6,12H2,1H3,(H,22,25)(H,23,26). The van der Waals surface area contributed by atoms with Crippen molar-refractivity contribution in [3.8, 4) is 17.1 Å². The third kappa shape index (κ3) is 5.63. The van der Waals surface area contributed by atoms with Gasteiger partial charge >= 0.3 is 0 Å². The summed E-state index contributed by atoms with van der Waals surface area (Å²) < 4.78 is 10.5. The molecule has 1 aromatic carbocycles. The number of amides is 2. The fraction of sp³-hybridized carbons (Fsp3) is 0.211. The number of nitrogens with zero attached hydrogens (tertiary/aromatic N) is 3. The molecule has 2 heterocycles. The average molecular weight is 381 g/mol. The Balaban J connectivity index is 1.37. The maximum atomic E-state index is 11.9. The number of hydrazine groups is 1. The van der Waals surface area contributed by atoms with Crippen LogP contribution in [0.25, 0.3) is 11.4 Å². The van der Waals surface area contributed by atoms with Gasteiger partial charge in [-0.2, -0.15) is 4.98 Å². The molecule has 0 bridgehead atoms. The van der Waals surface area contributed by atoms with Gasteiger partial charge in [-0.25, -0.2) is 0 Å². The monoisotopic (exact) mass is 381 g/mol. The molecule has 0 atom stereocenters. The van der Waals surface area contributed by atoms with Crippen molar-refractivity contribution in [2.24, 2.45) is 0 Å². The van der Waals surface area contributed by atoms with Crippen LogP contribution in [0.5, 0.6) is 5.75 Å². The van der Waals surface area contributed by atoms with Crippen LogP contribution in [0.1, 0.15) is 17.9 Å². The molecule has 0 radical (unpaired) electrons. The zero-order chi connectivity index (χ0) is 19.8. The van der Waals surface area contributed by atoms with Crippen molar-refractivity contribution < 1.29 is 18.8 Å². The first kappa shape index (κ1) is 19.0. The van der Waals surface area contributed by atoms with Gasteiger partial charge in [0.25, 0.3) is 5.91 Å². The Hall–Kier alpha value is -3.75. The van der Waals surface area contributed by atoms with E-state index in [9.17, 15) is 9.59 Å². The number of benzene rings is 1. The highest BCUT2D eigenvalue weighted by molar-refractivity contribution is 5.82. The fourth-order valence-electron chi connectivity index (χ4n) is 2.29. The largest absolute Gasteiger partial charge is 0.484 e. The quantitative estimate of drug-likeness (QED) is 0.597. The predicted octanol–water partition coefficient (Wildman–Crippen LogP) is 1.60. The molecule has 0 unspecified atom stereocenters. The smallest absolute Gasteiger partial charge is 0.276 e. The average Bonchev–Trinajstić information content (AvgIpc) is 3.19. The number of pyridine rings is 1. The number of ether oxygens (including phenoxy) is 1. The first-order chi connectivity index (χ1) is 13.6. The van der Waals surface area contributed by atoms with Gasteiger partial charge in [0.15, 0.2) is 6.61 Å². The Morgan fingerprint density at radius 1 is 1.11 bits per heavy atom. The molecule has 0 saturated heterocycles. The lowest BCUT2D eigenvalue weighted by Gasteiger charge is -2.08. The second-order valence-corrected chi connectivity index (χ2v) is 5.95. The molecule has 0 spiro atoms. The Bertz CT molecular complexity index is 942. The number of rotatable bonds is 7. The Morgan fingerprint density at radius 3 is 2.68 bits per heavy atom. The van der Waals surface area contributed by atoms with E-state index in [-0.39, 0.29) is 25.4 Å². The van der Waals surface area contributed by atoms with Gasteiger partial charge in [-0.1, -0.05) is 17.3 Å². The summed E-state index contributed by atoms with van der Waals surface area (Å²) in [4.78, 5) is 31.7. The van der Waals surface area contributed by atoms with E-state index >= 15 is 0 Å². The van der Waals surface area contributed by atoms with Crippen LogP contribution in [0.3, 0.4) is 0 Å². The van der Waals surface area contributed by atoms with Crippen molar-refractivity contribution in [1.29, 1.82) is 0 Å². The van der Waals surface area contributed by atoms with Crippen LogP contribution in [0.15, 0.2) is 53.3 Å². The van der Waals surface area contributed by atoms with E-state index in [1.54, 1.807) is 30.6 Å². The Labute approximate surface area is 161 Å². The van der Waals surface area contributed by atoms with Crippen LogP contribution in [0, 0.1) is 6.92 Å². The molecular formula is C19H19N5O4. The molecule has 0 fully saturated rings. The number of nitrogens with one attached hydrogen (secondary N) is 2. The van der Waals surface area contributed by atoms with Gasteiger partial charge in [-0.05, 0) is 36.8 Å². The van der Waals surface area contributed by atoms with Crippen molar-refractivity contribution in [2.45, 2.75) is 19.8 Å². The second-order valence-electron chi connectivity index (χ2n) is 5.95. The minimum Gasteiger partial charge on any atom is -0.484 e. The normalized spacial score (nSPS) is 10.3. The van der Waals surface area contributed by atoms with Crippen molar-refractivity contribution in [3.63, 3.8) is 0 Å². The van der Waals surface area contributed by atoms with Gasteiger partial charge in [-0.3, -0.25) is 25.4 Å². The zero-order valence-electron chi connectivity index (χ0n) is 15.2. The molecule has 2 aromatic heterocycles. The summed E-state index contributed by atoms with van der Waals surface area (Å²) in [5, 5.41) is 3.87. The number of aromatic nitrogens is 3. The van der Waals surface area contributed by atoms with Crippen LogP contribution in [0.2, 0.25) is 0 Å². The minimum absolute atomic E-state index is 0.0804. The number of carbonyl (C=O) groups excluding carboxylic acids is 2. The molecule has 144 valence electrons. The molecule has 2 amide bonds. The lowest BCUT2D eigenvalue weighted by molar-refractivity contribution is -0.130. The molecule has 9 heteroatoms. The van der Waals surface area contributed by atoms with Gasteiger partial charge in [0, 0.05) is 30.8 Å². The molecule has 0 saturated carbocycles. The lowest BCUT2D eigenvalue weighted by atomic mass is 10.2. The predicted molar refractivity (Wildman–Crippen MR) is 98.8 cm³/mol. The maximum Gasteiger partial charge on any atom is 0.276 e. The minimum atomic E-state index is -0.465. The number of hydrogen-bond acceptors (Lipinski definition) is 7. The molecule has 3 rings (SSSR count). The fourth-order valence-corrected chi connectivity index (χ4v) is 2.29. The van der Waals surface area contributed by atoms with E-state index in [1.165, 1.54) is 0 Å². The summed E-state index contributed by atoms with van der Waals surface area (Å²) in [5.74, 6) is 0.499. The van der Waals surface area contributed by atoms with E-state index < -0.39 is 5.91 Å². The lowest BCUT2D eigenvalue weighted by Crippen LogP contribution is -2.43. The van der Waals surface area contributed by atoms with Gasteiger partial charge in [0.05, 0.1) is 0 Å². The van der Waals surface area contributed by atoms with Crippen molar-refractivity contribution >= 4 is 11.8 Å². The molecule has 0 aliphatic heterocycles. The molecule has 2 N–H and O–H groups in total. The highest BCUT2D eigenvalue weighted by Crippen LogP contribution is 2.14. The number of carbonyl (C=O) groups is 2. The Morgan fingerprint density at radius 2 is 1.89 bits per heavy atom. The van der Waals surface area contributed by atoms with E-state index in [4.69, 9.17) is 9.26 Å². The van der Waals surface area contributed by atoms with Crippen molar-refractivity contribution in [2.75, 3.05) is 6.61 Å². The third-order valence-electron chi connectivity index (χ3n) is 3.67. The summed E-state index contributed by atoms with van der Waals surface area (Å²) in [6.45, 7) is 1.72. The van der Waals surface area contributed by atoms with E-state index in [0.717, 1.165) is 11.1 Å². The van der Waals surface area contributed by atoms with Gasteiger partial charge in [0.1, 0.15) is 5.75 Å². The van der Waals surface area contributed by atoms with Crippen LogP contribution in [0.4, 0.5) is 0 Å². The second kappa shape index (κ2) is 9.26. The van der Waals surface area contributed by atoms with Gasteiger partial charge in [-0.15, -0.1) is 0 Å².